The van der Waals surface area contributed by atoms with Gasteiger partial charge < -0.3 is 5.32 Å². The minimum Gasteiger partial charge on any atom is -0.341 e. The van der Waals surface area contributed by atoms with Crippen LogP contribution in [0, 0.1) is 0 Å². The van der Waals surface area contributed by atoms with Gasteiger partial charge in [-0.25, -0.2) is 4.79 Å². The van der Waals surface area contributed by atoms with Crippen LogP contribution in [-0.4, -0.2) is 34.9 Å². The zero-order valence-corrected chi connectivity index (χ0v) is 9.17. The monoisotopic (exact) mass is 232 g/mol. The Morgan fingerprint density at radius 3 is 2.33 bits per heavy atom. The van der Waals surface area contributed by atoms with E-state index in [9.17, 15) is 4.79 Å². The molecule has 0 aliphatic rings. The van der Waals surface area contributed by atoms with Crippen molar-refractivity contribution < 1.29 is 4.79 Å². The van der Waals surface area contributed by atoms with Crippen LogP contribution in [0.3, 0.4) is 0 Å². The molecule has 72 valence electrons. The zero-order chi connectivity index (χ0) is 9.78. The number of halogens is 3. The van der Waals surface area contributed by atoms with Crippen molar-refractivity contribution >= 4 is 40.8 Å². The first-order chi connectivity index (χ1) is 5.49. The molecule has 3 nitrogen and oxygen atoms in total. The lowest BCUT2D eigenvalue weighted by atomic mass is 10.5. The molecule has 0 aromatic rings. The summed E-state index contributed by atoms with van der Waals surface area (Å²) >= 11 is 17.0. The molecule has 1 N–H and O–H groups in total. The minimum absolute atomic E-state index is 0.0304. The molecule has 0 aliphatic carbocycles. The second kappa shape index (κ2) is 5.00. The molecule has 0 saturated carbocycles. The van der Waals surface area contributed by atoms with Crippen LogP contribution >= 0.6 is 34.8 Å². The van der Waals surface area contributed by atoms with E-state index in [0.717, 1.165) is 0 Å². The third-order valence-electron chi connectivity index (χ3n) is 1.33. The average molecular weight is 234 g/mol. The number of hydrogen-bond acceptors (Lipinski definition) is 1. The highest BCUT2D eigenvalue weighted by molar-refractivity contribution is 6.51. The van der Waals surface area contributed by atoms with E-state index in [0.29, 0.717) is 6.54 Å². The number of rotatable bonds is 3. The van der Waals surface area contributed by atoms with Crippen LogP contribution in [-0.2, 0) is 0 Å². The summed E-state index contributed by atoms with van der Waals surface area (Å²) < 4.78 is -1.34. The number of urea groups is 1. The van der Waals surface area contributed by atoms with Crippen molar-refractivity contribution in [2.45, 2.75) is 11.4 Å². The van der Waals surface area contributed by atoms with E-state index in [1.807, 2.05) is 0 Å². The van der Waals surface area contributed by atoms with Crippen LogP contribution < -0.4 is 5.32 Å². The van der Waals surface area contributed by atoms with Gasteiger partial charge in [0.15, 0.2) is 0 Å². The van der Waals surface area contributed by atoms with Crippen LogP contribution in [0.2, 0.25) is 0 Å². The van der Waals surface area contributed by atoms with Crippen molar-refractivity contribution in [3.05, 3.63) is 0 Å². The maximum Gasteiger partial charge on any atom is 0.319 e. The van der Waals surface area contributed by atoms with Gasteiger partial charge in [0.2, 0.25) is 4.46 Å². The summed E-state index contributed by atoms with van der Waals surface area (Å²) in [6, 6.07) is -0.344. The summed E-state index contributed by atoms with van der Waals surface area (Å²) in [4.78, 5) is 12.4. The maximum atomic E-state index is 11.1. The fraction of sp³-hybridized carbons (Fsp3) is 0.833. The van der Waals surface area contributed by atoms with Gasteiger partial charge in [-0.1, -0.05) is 23.2 Å². The van der Waals surface area contributed by atoms with Gasteiger partial charge in [0.1, 0.15) is 0 Å². The van der Waals surface area contributed by atoms with E-state index in [4.69, 9.17) is 34.8 Å². The molecule has 0 fully saturated rings. The molecule has 0 aromatic heterocycles. The molecule has 6 heteroatoms. The van der Waals surface area contributed by atoms with Gasteiger partial charge in [0.25, 0.3) is 0 Å². The number of nitrogens with zero attached hydrogens (tertiary/aromatic N) is 1. The molecule has 0 atom stereocenters. The Bertz CT molecular complexity index is 163. The topological polar surface area (TPSA) is 32.3 Å². The van der Waals surface area contributed by atoms with Gasteiger partial charge in [-0.15, -0.1) is 11.6 Å². The van der Waals surface area contributed by atoms with Gasteiger partial charge in [0, 0.05) is 13.6 Å². The van der Waals surface area contributed by atoms with E-state index >= 15 is 0 Å². The quantitative estimate of drug-likeness (QED) is 0.587. The molecule has 0 heterocycles. The van der Waals surface area contributed by atoms with Gasteiger partial charge in [-0.05, 0) is 6.92 Å². The van der Waals surface area contributed by atoms with Gasteiger partial charge in [-0.2, -0.15) is 0 Å². The van der Waals surface area contributed by atoms with Crippen LogP contribution in [0.4, 0.5) is 4.79 Å². The minimum atomic E-state index is -1.34. The molecular formula is C6H11Cl3N2O. The largest absolute Gasteiger partial charge is 0.341 e. The van der Waals surface area contributed by atoms with Gasteiger partial charge >= 0.3 is 6.03 Å². The maximum absolute atomic E-state index is 11.1. The van der Waals surface area contributed by atoms with Crippen molar-refractivity contribution in [2.24, 2.45) is 0 Å². The number of amides is 2. The molecule has 0 aliphatic heterocycles. The van der Waals surface area contributed by atoms with E-state index in [2.05, 4.69) is 5.32 Å². The Kier molecular flexibility index (Phi) is 5.06. The highest BCUT2D eigenvalue weighted by atomic mass is 35.5. The van der Waals surface area contributed by atoms with Crippen LogP contribution in [0.5, 0.6) is 0 Å². The van der Waals surface area contributed by atoms with Gasteiger partial charge in [0.05, 0.1) is 5.88 Å². The number of nitrogens with one attached hydrogen (secondary N) is 1. The Balaban J connectivity index is 4.43. The van der Waals surface area contributed by atoms with Crippen LogP contribution in [0.25, 0.3) is 0 Å². The van der Waals surface area contributed by atoms with Gasteiger partial charge in [-0.3, -0.25) is 4.90 Å². The first-order valence-corrected chi connectivity index (χ1v) is 4.71. The first kappa shape index (κ1) is 12.1. The molecule has 0 unspecified atom stereocenters. The SMILES string of the molecule is CCN(C(=O)NC)C(Cl)(Cl)CCl. The van der Waals surface area contributed by atoms with Crippen LogP contribution in [0.1, 0.15) is 6.92 Å². The third kappa shape index (κ3) is 2.88. The normalized spacial score (nSPS) is 11.1. The molecule has 0 saturated heterocycles. The van der Waals surface area contributed by atoms with Crippen LogP contribution in [0.15, 0.2) is 0 Å². The molecule has 0 radical (unpaired) electrons. The fourth-order valence-corrected chi connectivity index (χ4v) is 1.27. The summed E-state index contributed by atoms with van der Waals surface area (Å²) in [6.45, 7) is 2.17. The predicted octanol–water partition coefficient (Wildman–Crippen LogP) is 2.02. The Morgan fingerprint density at radius 2 is 2.08 bits per heavy atom. The predicted molar refractivity (Wildman–Crippen MR) is 52.0 cm³/mol. The smallest absolute Gasteiger partial charge is 0.319 e. The molecule has 0 rings (SSSR count). The molecule has 0 aromatic carbocycles. The standard InChI is InChI=1S/C6H11Cl3N2O/c1-3-11(5(12)10-2)6(8,9)4-7/h3-4H2,1-2H3,(H,10,12). The summed E-state index contributed by atoms with van der Waals surface area (Å²) in [5.74, 6) is -0.0304. The Hall–Kier alpha value is 0.140. The fourth-order valence-electron chi connectivity index (χ4n) is 0.731. The number of hydrogen-bond donors (Lipinski definition) is 1. The highest BCUT2D eigenvalue weighted by Gasteiger charge is 2.33. The Labute approximate surface area is 86.9 Å². The lowest BCUT2D eigenvalue weighted by molar-refractivity contribution is 0.193. The van der Waals surface area contributed by atoms with Crippen molar-refractivity contribution in [2.75, 3.05) is 19.5 Å². The zero-order valence-electron chi connectivity index (χ0n) is 6.90. The van der Waals surface area contributed by atoms with Crippen molar-refractivity contribution in [1.82, 2.24) is 10.2 Å². The second-order valence-electron chi connectivity index (χ2n) is 2.10. The molecule has 0 bridgehead atoms. The third-order valence-corrected chi connectivity index (χ3v) is 2.67. The summed E-state index contributed by atoms with van der Waals surface area (Å²) in [5.41, 5.74) is 0. The van der Waals surface area contributed by atoms with Crippen molar-refractivity contribution in [1.29, 1.82) is 0 Å². The first-order valence-electron chi connectivity index (χ1n) is 3.42. The van der Waals surface area contributed by atoms with E-state index < -0.39 is 4.46 Å². The summed E-state index contributed by atoms with van der Waals surface area (Å²) in [5, 5.41) is 2.42. The summed E-state index contributed by atoms with van der Waals surface area (Å²) in [6.07, 6.45) is 0. The Morgan fingerprint density at radius 1 is 1.58 bits per heavy atom. The molecule has 0 spiro atoms. The highest BCUT2D eigenvalue weighted by Crippen LogP contribution is 2.27. The van der Waals surface area contributed by atoms with Crippen molar-refractivity contribution in [3.63, 3.8) is 0 Å². The average Bonchev–Trinajstić information content (AvgIpc) is 2.05. The summed E-state index contributed by atoms with van der Waals surface area (Å²) in [7, 11) is 1.50. The number of carbonyl (C=O) groups excluding carboxylic acids is 1. The molecule has 2 amide bonds. The number of alkyl halides is 3. The second-order valence-corrected chi connectivity index (χ2v) is 3.81. The number of carbonyl (C=O) groups is 1. The van der Waals surface area contributed by atoms with E-state index in [-0.39, 0.29) is 11.9 Å². The lowest BCUT2D eigenvalue weighted by Gasteiger charge is -2.31. The molecular weight excluding hydrogens is 222 g/mol. The van der Waals surface area contributed by atoms with Crippen molar-refractivity contribution in [3.8, 4) is 0 Å². The lowest BCUT2D eigenvalue weighted by Crippen LogP contribution is -2.49. The molecule has 12 heavy (non-hydrogen) atoms. The van der Waals surface area contributed by atoms with E-state index in [1.165, 1.54) is 11.9 Å². The van der Waals surface area contributed by atoms with E-state index in [1.54, 1.807) is 6.92 Å².